The van der Waals surface area contributed by atoms with Gasteiger partial charge in [0.25, 0.3) is 5.91 Å². The molecule has 0 fully saturated rings. The second kappa shape index (κ2) is 6.10. The highest BCUT2D eigenvalue weighted by atomic mass is 16.5. The van der Waals surface area contributed by atoms with Gasteiger partial charge in [0.2, 0.25) is 0 Å². The standard InChI is InChI=1S/C16H17NO3/c1-3-20-14-7-4-12(5-8-14)16(19)17-15-9-6-13(18)10-11(15)2/h4-10,18H,3H2,1-2H3,(H,17,19). The molecule has 0 heterocycles. The number of carbonyl (C=O) groups excluding carboxylic acids is 1. The third-order valence-electron chi connectivity index (χ3n) is 2.89. The van der Waals surface area contributed by atoms with E-state index in [1.165, 1.54) is 0 Å². The van der Waals surface area contributed by atoms with Gasteiger partial charge in [0.1, 0.15) is 11.5 Å². The van der Waals surface area contributed by atoms with Gasteiger partial charge in [-0.2, -0.15) is 0 Å². The van der Waals surface area contributed by atoms with E-state index >= 15 is 0 Å². The fraction of sp³-hybridized carbons (Fsp3) is 0.188. The summed E-state index contributed by atoms with van der Waals surface area (Å²) in [4.78, 5) is 12.1. The summed E-state index contributed by atoms with van der Waals surface area (Å²) in [5, 5.41) is 12.2. The van der Waals surface area contributed by atoms with E-state index in [2.05, 4.69) is 5.32 Å². The lowest BCUT2D eigenvalue weighted by molar-refractivity contribution is 0.102. The number of benzene rings is 2. The number of aromatic hydroxyl groups is 1. The van der Waals surface area contributed by atoms with Crippen molar-refractivity contribution in [2.75, 3.05) is 11.9 Å². The van der Waals surface area contributed by atoms with Gasteiger partial charge in [-0.15, -0.1) is 0 Å². The van der Waals surface area contributed by atoms with Gasteiger partial charge in [0.05, 0.1) is 6.61 Å². The Labute approximate surface area is 118 Å². The number of hydrogen-bond acceptors (Lipinski definition) is 3. The van der Waals surface area contributed by atoms with Crippen LogP contribution >= 0.6 is 0 Å². The Kier molecular flexibility index (Phi) is 4.25. The monoisotopic (exact) mass is 271 g/mol. The van der Waals surface area contributed by atoms with Gasteiger partial charge in [-0.3, -0.25) is 4.79 Å². The van der Waals surface area contributed by atoms with Crippen molar-refractivity contribution in [1.29, 1.82) is 0 Å². The fourth-order valence-corrected chi connectivity index (χ4v) is 1.85. The van der Waals surface area contributed by atoms with E-state index in [9.17, 15) is 9.90 Å². The number of anilines is 1. The molecule has 0 aliphatic carbocycles. The zero-order chi connectivity index (χ0) is 14.5. The van der Waals surface area contributed by atoms with Crippen molar-refractivity contribution < 1.29 is 14.6 Å². The SMILES string of the molecule is CCOc1ccc(C(=O)Nc2ccc(O)cc2C)cc1. The lowest BCUT2D eigenvalue weighted by Crippen LogP contribution is -2.12. The van der Waals surface area contributed by atoms with Crippen molar-refractivity contribution >= 4 is 11.6 Å². The first-order valence-corrected chi connectivity index (χ1v) is 6.44. The molecule has 0 atom stereocenters. The predicted molar refractivity (Wildman–Crippen MR) is 78.4 cm³/mol. The molecule has 1 amide bonds. The largest absolute Gasteiger partial charge is 0.508 e. The van der Waals surface area contributed by atoms with Crippen LogP contribution < -0.4 is 10.1 Å². The lowest BCUT2D eigenvalue weighted by Gasteiger charge is -2.09. The summed E-state index contributed by atoms with van der Waals surface area (Å²) in [6.07, 6.45) is 0. The number of rotatable bonds is 4. The predicted octanol–water partition coefficient (Wildman–Crippen LogP) is 3.35. The Morgan fingerprint density at radius 2 is 1.90 bits per heavy atom. The Bertz CT molecular complexity index is 606. The summed E-state index contributed by atoms with van der Waals surface area (Å²) in [5.74, 6) is 0.730. The average Bonchev–Trinajstić information content (AvgIpc) is 2.43. The molecule has 4 nitrogen and oxygen atoms in total. The number of phenolic OH excluding ortho intramolecular Hbond substituents is 1. The minimum atomic E-state index is -0.193. The third-order valence-corrected chi connectivity index (χ3v) is 2.89. The van der Waals surface area contributed by atoms with Crippen molar-refractivity contribution in [3.63, 3.8) is 0 Å². The number of ether oxygens (including phenoxy) is 1. The van der Waals surface area contributed by atoms with Gasteiger partial charge in [-0.1, -0.05) is 0 Å². The molecule has 0 aliphatic heterocycles. The molecule has 2 N–H and O–H groups in total. The Morgan fingerprint density at radius 3 is 2.50 bits per heavy atom. The molecular formula is C16H17NO3. The van der Waals surface area contributed by atoms with Crippen molar-refractivity contribution in [3.05, 3.63) is 53.6 Å². The van der Waals surface area contributed by atoms with Gasteiger partial charge < -0.3 is 15.2 Å². The highest BCUT2D eigenvalue weighted by Gasteiger charge is 2.08. The van der Waals surface area contributed by atoms with Crippen LogP contribution in [0.25, 0.3) is 0 Å². The van der Waals surface area contributed by atoms with Gasteiger partial charge in [0.15, 0.2) is 0 Å². The van der Waals surface area contributed by atoms with Crippen molar-refractivity contribution in [1.82, 2.24) is 0 Å². The maximum atomic E-state index is 12.1. The molecule has 0 bridgehead atoms. The number of amides is 1. The second-order valence-electron chi connectivity index (χ2n) is 4.41. The van der Waals surface area contributed by atoms with Crippen LogP contribution in [0.4, 0.5) is 5.69 Å². The van der Waals surface area contributed by atoms with Crippen molar-refractivity contribution in [3.8, 4) is 11.5 Å². The number of carbonyl (C=O) groups is 1. The molecule has 0 saturated heterocycles. The van der Waals surface area contributed by atoms with E-state index in [-0.39, 0.29) is 11.7 Å². The Hall–Kier alpha value is -2.49. The van der Waals surface area contributed by atoms with E-state index in [0.29, 0.717) is 17.9 Å². The number of phenols is 1. The van der Waals surface area contributed by atoms with Crippen LogP contribution in [0.3, 0.4) is 0 Å². The van der Waals surface area contributed by atoms with Crippen LogP contribution in [-0.4, -0.2) is 17.6 Å². The van der Waals surface area contributed by atoms with Crippen LogP contribution in [0, 0.1) is 6.92 Å². The fourth-order valence-electron chi connectivity index (χ4n) is 1.85. The van der Waals surface area contributed by atoms with Crippen LogP contribution in [-0.2, 0) is 0 Å². The summed E-state index contributed by atoms with van der Waals surface area (Å²) in [6.45, 7) is 4.33. The molecule has 104 valence electrons. The molecule has 0 radical (unpaired) electrons. The number of hydrogen-bond donors (Lipinski definition) is 2. The minimum Gasteiger partial charge on any atom is -0.508 e. The first-order valence-electron chi connectivity index (χ1n) is 6.44. The highest BCUT2D eigenvalue weighted by molar-refractivity contribution is 6.04. The van der Waals surface area contributed by atoms with E-state index in [4.69, 9.17) is 4.74 Å². The summed E-state index contributed by atoms with van der Waals surface area (Å²) in [6, 6.07) is 11.8. The number of aryl methyl sites for hydroxylation is 1. The molecule has 0 spiro atoms. The average molecular weight is 271 g/mol. The highest BCUT2D eigenvalue weighted by Crippen LogP contribution is 2.21. The smallest absolute Gasteiger partial charge is 0.255 e. The Balaban J connectivity index is 2.11. The molecule has 2 aromatic carbocycles. The van der Waals surface area contributed by atoms with Gasteiger partial charge in [0, 0.05) is 11.3 Å². The number of nitrogens with one attached hydrogen (secondary N) is 1. The third kappa shape index (κ3) is 3.29. The zero-order valence-corrected chi connectivity index (χ0v) is 11.5. The molecule has 2 aromatic rings. The minimum absolute atomic E-state index is 0.182. The molecule has 0 unspecified atom stereocenters. The van der Waals surface area contributed by atoms with Gasteiger partial charge in [-0.25, -0.2) is 0 Å². The molecule has 0 aromatic heterocycles. The van der Waals surface area contributed by atoms with Crippen molar-refractivity contribution in [2.45, 2.75) is 13.8 Å². The molecular weight excluding hydrogens is 254 g/mol. The molecule has 0 aliphatic rings. The van der Waals surface area contributed by atoms with Crippen LogP contribution in [0.5, 0.6) is 11.5 Å². The normalized spacial score (nSPS) is 10.1. The summed E-state index contributed by atoms with van der Waals surface area (Å²) in [7, 11) is 0. The van der Waals surface area contributed by atoms with Crippen LogP contribution in [0.15, 0.2) is 42.5 Å². The van der Waals surface area contributed by atoms with E-state index in [1.54, 1.807) is 42.5 Å². The topological polar surface area (TPSA) is 58.6 Å². The molecule has 2 rings (SSSR count). The summed E-state index contributed by atoms with van der Waals surface area (Å²) >= 11 is 0. The van der Waals surface area contributed by atoms with Crippen LogP contribution in [0.2, 0.25) is 0 Å². The van der Waals surface area contributed by atoms with E-state index in [0.717, 1.165) is 11.3 Å². The Morgan fingerprint density at radius 1 is 1.20 bits per heavy atom. The first-order chi connectivity index (χ1) is 9.60. The maximum Gasteiger partial charge on any atom is 0.255 e. The quantitative estimate of drug-likeness (QED) is 0.838. The van der Waals surface area contributed by atoms with Gasteiger partial charge in [-0.05, 0) is 61.9 Å². The lowest BCUT2D eigenvalue weighted by atomic mass is 10.1. The second-order valence-corrected chi connectivity index (χ2v) is 4.41. The van der Waals surface area contributed by atoms with E-state index in [1.807, 2.05) is 13.8 Å². The molecule has 4 heteroatoms. The molecule has 20 heavy (non-hydrogen) atoms. The van der Waals surface area contributed by atoms with E-state index < -0.39 is 0 Å². The maximum absolute atomic E-state index is 12.1. The first kappa shape index (κ1) is 13.9. The van der Waals surface area contributed by atoms with Gasteiger partial charge >= 0.3 is 0 Å². The zero-order valence-electron chi connectivity index (χ0n) is 11.5. The molecule has 0 saturated carbocycles. The summed E-state index contributed by atoms with van der Waals surface area (Å²) < 4.78 is 5.33. The van der Waals surface area contributed by atoms with Crippen molar-refractivity contribution in [2.24, 2.45) is 0 Å². The summed E-state index contributed by atoms with van der Waals surface area (Å²) in [5.41, 5.74) is 2.05. The van der Waals surface area contributed by atoms with Crippen LogP contribution in [0.1, 0.15) is 22.8 Å².